The van der Waals surface area contributed by atoms with Crippen LogP contribution in [0.2, 0.25) is 5.02 Å². The molecular weight excluding hydrogens is 402 g/mol. The highest BCUT2D eigenvalue weighted by Gasteiger charge is 2.41. The molecule has 0 bridgehead atoms. The van der Waals surface area contributed by atoms with Crippen LogP contribution in [0.15, 0.2) is 47.5 Å². The molecule has 1 aromatic carbocycles. The molecule has 0 saturated heterocycles. The third kappa shape index (κ3) is 4.26. The number of sulfonamides is 1. The number of carbonyl (C=O) groups excluding carboxylic acids is 1. The number of anilines is 1. The Morgan fingerprint density at radius 1 is 1.25 bits per heavy atom. The van der Waals surface area contributed by atoms with Crippen molar-refractivity contribution >= 4 is 39.3 Å². The number of hydrogen-bond donors (Lipinski definition) is 2. The van der Waals surface area contributed by atoms with E-state index in [1.54, 1.807) is 49.4 Å². The number of aliphatic imine (C=N–C) groups is 1. The third-order valence-corrected chi connectivity index (χ3v) is 6.41. The summed E-state index contributed by atoms with van der Waals surface area (Å²) in [6, 6.07) is 11.3. The van der Waals surface area contributed by atoms with Crippen LogP contribution in [0.25, 0.3) is 0 Å². The molecule has 0 radical (unpaired) electrons. The number of nitrogens with one attached hydrogen (secondary N) is 1. The lowest BCUT2D eigenvalue weighted by Crippen LogP contribution is -2.50. The molecule has 28 heavy (non-hydrogen) atoms. The van der Waals surface area contributed by atoms with Gasteiger partial charge in [-0.2, -0.15) is 0 Å². The summed E-state index contributed by atoms with van der Waals surface area (Å²) >= 11 is 5.82. The zero-order valence-electron chi connectivity index (χ0n) is 14.7. The normalized spacial score (nSPS) is 20.7. The Bertz CT molecular complexity index is 1020. The summed E-state index contributed by atoms with van der Waals surface area (Å²) in [5.41, 5.74) is 5.41. The van der Waals surface area contributed by atoms with Crippen molar-refractivity contribution in [1.29, 1.82) is 0 Å². The molecule has 0 spiro atoms. The molecule has 1 atom stereocenters. The smallest absolute Gasteiger partial charge is 0.256 e. The van der Waals surface area contributed by atoms with Crippen LogP contribution in [0.3, 0.4) is 0 Å². The van der Waals surface area contributed by atoms with Crippen molar-refractivity contribution in [2.75, 3.05) is 18.1 Å². The maximum absolute atomic E-state index is 12.3. The predicted molar refractivity (Wildman–Crippen MR) is 111 cm³/mol. The Hall–Kier alpha value is -2.65. The van der Waals surface area contributed by atoms with Crippen LogP contribution in [0.1, 0.15) is 30.4 Å². The second kappa shape index (κ2) is 7.76. The van der Waals surface area contributed by atoms with Gasteiger partial charge >= 0.3 is 0 Å². The fourth-order valence-electron chi connectivity index (χ4n) is 2.68. The van der Waals surface area contributed by atoms with Gasteiger partial charge in [0.1, 0.15) is 17.1 Å². The molecule has 1 aromatic heterocycles. The number of guanidine groups is 1. The summed E-state index contributed by atoms with van der Waals surface area (Å²) in [5.74, 6) is -0.473. The van der Waals surface area contributed by atoms with Gasteiger partial charge in [-0.25, -0.2) is 22.7 Å². The molecule has 2 aromatic rings. The van der Waals surface area contributed by atoms with E-state index in [4.69, 9.17) is 17.3 Å². The van der Waals surface area contributed by atoms with Crippen LogP contribution in [-0.4, -0.2) is 42.4 Å². The van der Waals surface area contributed by atoms with Gasteiger partial charge in [0.15, 0.2) is 0 Å². The minimum atomic E-state index is -3.61. The van der Waals surface area contributed by atoms with E-state index in [0.717, 1.165) is 4.31 Å². The Kier molecular flexibility index (Phi) is 6.00. The van der Waals surface area contributed by atoms with Crippen molar-refractivity contribution in [3.63, 3.8) is 0 Å². The lowest BCUT2D eigenvalue weighted by Gasteiger charge is -2.33. The minimum Gasteiger partial charge on any atom is -0.369 e. The molecule has 1 aliphatic rings. The van der Waals surface area contributed by atoms with Gasteiger partial charge in [-0.3, -0.25) is 4.79 Å². The summed E-state index contributed by atoms with van der Waals surface area (Å²) in [6.07, 6.45) is 0. The zero-order valence-corrected chi connectivity index (χ0v) is 16.3. The summed E-state index contributed by atoms with van der Waals surface area (Å²) < 4.78 is 25.6. The summed E-state index contributed by atoms with van der Waals surface area (Å²) in [7, 11) is -2.26. The number of halogens is 1. The first kappa shape index (κ1) is 21.6. The highest BCUT2D eigenvalue weighted by Crippen LogP contribution is 2.31. The number of aromatic nitrogens is 1. The lowest BCUT2D eigenvalue weighted by atomic mass is 10.0. The maximum Gasteiger partial charge on any atom is 0.256 e. The van der Waals surface area contributed by atoms with Gasteiger partial charge in [-0.1, -0.05) is 25.1 Å². The predicted octanol–water partition coefficient (Wildman–Crippen LogP) is 2.43. The second-order valence-electron chi connectivity index (χ2n) is 6.34. The largest absolute Gasteiger partial charge is 0.369 e. The molecule has 0 unspecified atom stereocenters. The minimum absolute atomic E-state index is 0. The van der Waals surface area contributed by atoms with Crippen molar-refractivity contribution in [3.05, 3.63) is 58.7 Å². The number of pyridine rings is 1. The van der Waals surface area contributed by atoms with Crippen molar-refractivity contribution in [1.82, 2.24) is 9.29 Å². The summed E-state index contributed by atoms with van der Waals surface area (Å²) in [4.78, 5) is 21.0. The Labute approximate surface area is 169 Å². The van der Waals surface area contributed by atoms with Gasteiger partial charge in [0.05, 0.1) is 5.69 Å². The monoisotopic (exact) mass is 423 g/mol. The molecule has 3 rings (SSSR count). The first-order valence-corrected chi connectivity index (χ1v) is 9.96. The molecule has 0 saturated carbocycles. The average molecular weight is 424 g/mol. The molecule has 2 heterocycles. The van der Waals surface area contributed by atoms with Gasteiger partial charge in [0, 0.05) is 17.6 Å². The topological polar surface area (TPSA) is 118 Å². The van der Waals surface area contributed by atoms with Crippen LogP contribution in [0, 0.1) is 0 Å². The molecule has 150 valence electrons. The zero-order chi connectivity index (χ0) is 19.8. The molecular formula is C18H22ClN5O3S. The van der Waals surface area contributed by atoms with Crippen LogP contribution < -0.4 is 11.1 Å². The quantitative estimate of drug-likeness (QED) is 0.785. The Balaban J connectivity index is 0.00000280. The molecule has 10 heteroatoms. The van der Waals surface area contributed by atoms with E-state index in [-0.39, 0.29) is 30.9 Å². The first-order valence-electron chi connectivity index (χ1n) is 7.97. The summed E-state index contributed by atoms with van der Waals surface area (Å²) in [5, 5.41) is 3.21. The summed E-state index contributed by atoms with van der Waals surface area (Å²) in [6.45, 7) is 1.64. The SMILES string of the molecule is C.CN1C(N)=N[C@](C)(c2cccc(NC(=O)c3ccc(Cl)cc3)n2)CS1(=O)=O. The van der Waals surface area contributed by atoms with E-state index >= 15 is 0 Å². The average Bonchev–Trinajstić information content (AvgIpc) is 2.60. The number of carbonyl (C=O) groups is 1. The molecule has 1 amide bonds. The maximum atomic E-state index is 12.3. The van der Waals surface area contributed by atoms with Crippen molar-refractivity contribution in [2.24, 2.45) is 10.7 Å². The Morgan fingerprint density at radius 2 is 1.89 bits per heavy atom. The molecule has 0 aliphatic carbocycles. The number of amides is 1. The van der Waals surface area contributed by atoms with Crippen LogP contribution in [0.4, 0.5) is 5.82 Å². The third-order valence-electron chi connectivity index (χ3n) is 4.21. The van der Waals surface area contributed by atoms with E-state index in [1.165, 1.54) is 7.05 Å². The van der Waals surface area contributed by atoms with Crippen LogP contribution in [0.5, 0.6) is 0 Å². The highest BCUT2D eigenvalue weighted by molar-refractivity contribution is 7.89. The van der Waals surface area contributed by atoms with E-state index < -0.39 is 15.6 Å². The van der Waals surface area contributed by atoms with Gasteiger partial charge in [0.2, 0.25) is 16.0 Å². The van der Waals surface area contributed by atoms with Gasteiger partial charge < -0.3 is 11.1 Å². The van der Waals surface area contributed by atoms with Gasteiger partial charge in [0.25, 0.3) is 5.91 Å². The van der Waals surface area contributed by atoms with Gasteiger partial charge in [-0.05, 0) is 43.3 Å². The molecule has 3 N–H and O–H groups in total. The Morgan fingerprint density at radius 3 is 2.50 bits per heavy atom. The lowest BCUT2D eigenvalue weighted by molar-refractivity contribution is 0.102. The standard InChI is InChI=1S/C17H18ClN5O3S.CH4/c1-17(10-27(25,26)23(2)16(19)22-17)13-4-3-5-14(20-13)21-15(24)11-6-8-12(18)9-7-11;/h3-9H,10H2,1-2H3,(H2,19,22)(H,20,21,24);1H4/t17-;/m0./s1. The highest BCUT2D eigenvalue weighted by atomic mass is 35.5. The van der Waals surface area contributed by atoms with E-state index in [2.05, 4.69) is 15.3 Å². The van der Waals surface area contributed by atoms with Crippen molar-refractivity contribution in [3.8, 4) is 0 Å². The number of rotatable bonds is 3. The van der Waals surface area contributed by atoms with Crippen molar-refractivity contribution in [2.45, 2.75) is 19.9 Å². The molecule has 1 aliphatic heterocycles. The number of benzene rings is 1. The second-order valence-corrected chi connectivity index (χ2v) is 8.77. The number of nitrogens with zero attached hydrogens (tertiary/aromatic N) is 3. The molecule has 8 nitrogen and oxygen atoms in total. The fraction of sp³-hybridized carbons (Fsp3) is 0.278. The van der Waals surface area contributed by atoms with Gasteiger partial charge in [-0.15, -0.1) is 0 Å². The number of hydrogen-bond acceptors (Lipinski definition) is 6. The molecule has 0 fully saturated rings. The first-order chi connectivity index (χ1) is 12.6. The fourth-order valence-corrected chi connectivity index (χ4v) is 4.24. The van der Waals surface area contributed by atoms with Crippen LogP contribution >= 0.6 is 11.6 Å². The number of nitrogens with two attached hydrogens (primary N) is 1. The van der Waals surface area contributed by atoms with E-state index in [0.29, 0.717) is 16.3 Å². The van der Waals surface area contributed by atoms with E-state index in [1.807, 2.05) is 0 Å². The van der Waals surface area contributed by atoms with E-state index in [9.17, 15) is 13.2 Å². The van der Waals surface area contributed by atoms with Crippen molar-refractivity contribution < 1.29 is 13.2 Å². The van der Waals surface area contributed by atoms with Crippen LogP contribution in [-0.2, 0) is 15.6 Å².